The zero-order valence-electron chi connectivity index (χ0n) is 16.4. The number of hydrogen-bond acceptors (Lipinski definition) is 8. The first-order valence-electron chi connectivity index (χ1n) is 8.43. The van der Waals surface area contributed by atoms with Crippen molar-refractivity contribution in [1.29, 1.82) is 0 Å². The van der Waals surface area contributed by atoms with Crippen molar-refractivity contribution in [2.75, 3.05) is 33.6 Å². The van der Waals surface area contributed by atoms with Crippen molar-refractivity contribution < 1.29 is 32.3 Å². The molecule has 0 unspecified atom stereocenters. The summed E-state index contributed by atoms with van der Waals surface area (Å²) in [6, 6.07) is 4.74. The molecule has 0 atom stereocenters. The van der Waals surface area contributed by atoms with Gasteiger partial charge in [0.1, 0.15) is 6.54 Å². The van der Waals surface area contributed by atoms with Crippen molar-refractivity contribution in [2.24, 2.45) is 4.99 Å². The molecular formula is C17H21N3O7S2. The SMILES string of the molecule is CCOC(=O)c1ccc2c(c1)sc(=NC(=O)CN(C)S(C)(=O)=O)n2CC(=O)OC. The molecule has 0 bridgehead atoms. The van der Waals surface area contributed by atoms with E-state index in [0.29, 0.717) is 15.8 Å². The molecule has 0 aliphatic heterocycles. The molecule has 0 aliphatic carbocycles. The van der Waals surface area contributed by atoms with Crippen molar-refractivity contribution >= 4 is 49.4 Å². The molecule has 1 aromatic heterocycles. The van der Waals surface area contributed by atoms with Gasteiger partial charge in [-0.25, -0.2) is 13.2 Å². The Hall–Kier alpha value is -2.57. The Bertz CT molecular complexity index is 1120. The van der Waals surface area contributed by atoms with Gasteiger partial charge in [-0.05, 0) is 25.1 Å². The Morgan fingerprint density at radius 2 is 1.97 bits per heavy atom. The molecule has 0 aliphatic rings. The maximum Gasteiger partial charge on any atom is 0.338 e. The third-order valence-corrected chi connectivity index (χ3v) is 6.16. The molecule has 0 spiro atoms. The molecule has 29 heavy (non-hydrogen) atoms. The second-order valence-corrected chi connectivity index (χ2v) is 9.07. The predicted molar refractivity (Wildman–Crippen MR) is 106 cm³/mol. The van der Waals surface area contributed by atoms with Crippen LogP contribution in [0.2, 0.25) is 0 Å². The number of benzene rings is 1. The first kappa shape index (κ1) is 22.7. The normalized spacial score (nSPS) is 12.4. The second kappa shape index (κ2) is 9.29. The van der Waals surface area contributed by atoms with Crippen LogP contribution in [-0.2, 0) is 35.6 Å². The molecule has 10 nitrogen and oxygen atoms in total. The molecule has 2 aromatic rings. The number of thiazole rings is 1. The highest BCUT2D eigenvalue weighted by molar-refractivity contribution is 7.88. The maximum atomic E-state index is 12.2. The molecule has 0 radical (unpaired) electrons. The standard InChI is InChI=1S/C17H21N3O7S2/c1-5-27-16(23)11-6-7-12-13(8-11)28-17(20(12)10-15(22)26-3)18-14(21)9-19(2)29(4,24)25/h6-8H,5,9-10H2,1-4H3. The number of amides is 1. The summed E-state index contributed by atoms with van der Waals surface area (Å²) in [5.74, 6) is -1.75. The van der Waals surface area contributed by atoms with Gasteiger partial charge >= 0.3 is 11.9 Å². The van der Waals surface area contributed by atoms with E-state index in [9.17, 15) is 22.8 Å². The number of rotatable bonds is 7. The van der Waals surface area contributed by atoms with E-state index in [2.05, 4.69) is 4.99 Å². The predicted octanol–water partition coefficient (Wildman–Crippen LogP) is 0.371. The quantitative estimate of drug-likeness (QED) is 0.566. The van der Waals surface area contributed by atoms with Crippen molar-refractivity contribution in [3.63, 3.8) is 0 Å². The minimum atomic E-state index is -3.54. The van der Waals surface area contributed by atoms with Gasteiger partial charge in [0.2, 0.25) is 10.0 Å². The lowest BCUT2D eigenvalue weighted by Gasteiger charge is -2.10. The third kappa shape index (κ3) is 5.71. The molecule has 1 aromatic carbocycles. The van der Waals surface area contributed by atoms with Gasteiger partial charge < -0.3 is 14.0 Å². The average molecular weight is 444 g/mol. The summed E-state index contributed by atoms with van der Waals surface area (Å²) in [7, 11) is -1.04. The maximum absolute atomic E-state index is 12.2. The number of ether oxygens (including phenoxy) is 2. The smallest absolute Gasteiger partial charge is 0.338 e. The van der Waals surface area contributed by atoms with Crippen molar-refractivity contribution in [1.82, 2.24) is 8.87 Å². The number of carbonyl (C=O) groups is 3. The monoisotopic (exact) mass is 443 g/mol. The minimum absolute atomic E-state index is 0.179. The zero-order chi connectivity index (χ0) is 21.8. The molecule has 0 N–H and O–H groups in total. The summed E-state index contributed by atoms with van der Waals surface area (Å²) in [6.45, 7) is 1.28. The van der Waals surface area contributed by atoms with E-state index in [4.69, 9.17) is 9.47 Å². The molecule has 0 fully saturated rings. The number of carbonyl (C=O) groups excluding carboxylic acids is 3. The topological polar surface area (TPSA) is 124 Å². The molecule has 1 amide bonds. The second-order valence-electron chi connectivity index (χ2n) is 5.97. The number of aromatic nitrogens is 1. The highest BCUT2D eigenvalue weighted by Gasteiger charge is 2.17. The van der Waals surface area contributed by atoms with Crippen molar-refractivity contribution in [2.45, 2.75) is 13.5 Å². The fourth-order valence-corrected chi connectivity index (χ4v) is 3.73. The van der Waals surface area contributed by atoms with Crippen molar-refractivity contribution in [3.8, 4) is 0 Å². The van der Waals surface area contributed by atoms with Crippen LogP contribution >= 0.6 is 11.3 Å². The summed E-state index contributed by atoms with van der Waals surface area (Å²) in [5.41, 5.74) is 0.886. The van der Waals surface area contributed by atoms with Crippen molar-refractivity contribution in [3.05, 3.63) is 28.6 Å². The van der Waals surface area contributed by atoms with Crippen LogP contribution in [0.25, 0.3) is 10.2 Å². The van der Waals surface area contributed by atoms with Crippen LogP contribution < -0.4 is 4.80 Å². The van der Waals surface area contributed by atoms with Gasteiger partial charge in [0.25, 0.3) is 5.91 Å². The minimum Gasteiger partial charge on any atom is -0.468 e. The number of esters is 2. The first-order chi connectivity index (χ1) is 13.6. The fraction of sp³-hybridized carbons (Fsp3) is 0.412. The lowest BCUT2D eigenvalue weighted by Crippen LogP contribution is -2.31. The molecular weight excluding hydrogens is 422 g/mol. The van der Waals surface area contributed by atoms with E-state index in [1.54, 1.807) is 25.1 Å². The van der Waals surface area contributed by atoms with Gasteiger partial charge in [-0.15, -0.1) is 0 Å². The summed E-state index contributed by atoms with van der Waals surface area (Å²) in [4.78, 5) is 40.1. The molecule has 12 heteroatoms. The summed E-state index contributed by atoms with van der Waals surface area (Å²) < 4.78 is 35.6. The van der Waals surface area contributed by atoms with Crippen LogP contribution in [0.3, 0.4) is 0 Å². The molecule has 1 heterocycles. The average Bonchev–Trinajstić information content (AvgIpc) is 2.97. The summed E-state index contributed by atoms with van der Waals surface area (Å²) in [6.07, 6.45) is 0.980. The van der Waals surface area contributed by atoms with Crippen LogP contribution in [0.15, 0.2) is 23.2 Å². The molecule has 0 saturated heterocycles. The van der Waals surface area contributed by atoms with E-state index >= 15 is 0 Å². The highest BCUT2D eigenvalue weighted by atomic mass is 32.2. The van der Waals surface area contributed by atoms with E-state index in [0.717, 1.165) is 21.9 Å². The number of sulfonamides is 1. The van der Waals surface area contributed by atoms with Crippen LogP contribution in [0.4, 0.5) is 0 Å². The van der Waals surface area contributed by atoms with Gasteiger partial charge in [0.15, 0.2) is 4.80 Å². The number of nitrogens with zero attached hydrogens (tertiary/aromatic N) is 3. The Kier molecular flexibility index (Phi) is 7.27. The van der Waals surface area contributed by atoms with Crippen LogP contribution in [0.1, 0.15) is 17.3 Å². The Morgan fingerprint density at radius 3 is 2.55 bits per heavy atom. The van der Waals surface area contributed by atoms with E-state index in [1.165, 1.54) is 18.7 Å². The molecule has 2 rings (SSSR count). The van der Waals surface area contributed by atoms with Gasteiger partial charge in [-0.3, -0.25) is 9.59 Å². The lowest BCUT2D eigenvalue weighted by molar-refractivity contribution is -0.141. The van der Waals surface area contributed by atoms with Gasteiger partial charge in [-0.2, -0.15) is 9.30 Å². The summed E-state index contributed by atoms with van der Waals surface area (Å²) in [5, 5.41) is 0. The molecule has 0 saturated carbocycles. The number of likely N-dealkylation sites (N-methyl/N-ethyl adjacent to an activating group) is 1. The Morgan fingerprint density at radius 1 is 1.28 bits per heavy atom. The number of fused-ring (bicyclic) bond motifs is 1. The third-order valence-electron chi connectivity index (χ3n) is 3.85. The Balaban J connectivity index is 2.53. The van der Waals surface area contributed by atoms with E-state index in [1.807, 2.05) is 0 Å². The number of hydrogen-bond donors (Lipinski definition) is 0. The van der Waals surface area contributed by atoms with E-state index in [-0.39, 0.29) is 18.0 Å². The number of methoxy groups -OCH3 is 1. The van der Waals surface area contributed by atoms with Crippen LogP contribution in [0, 0.1) is 0 Å². The zero-order valence-corrected chi connectivity index (χ0v) is 18.0. The first-order valence-corrected chi connectivity index (χ1v) is 11.1. The van der Waals surface area contributed by atoms with Gasteiger partial charge in [0, 0.05) is 7.05 Å². The largest absolute Gasteiger partial charge is 0.468 e. The summed E-state index contributed by atoms with van der Waals surface area (Å²) >= 11 is 1.08. The van der Waals surface area contributed by atoms with Crippen LogP contribution in [-0.4, -0.2) is 68.7 Å². The van der Waals surface area contributed by atoms with Gasteiger partial charge in [-0.1, -0.05) is 11.3 Å². The highest BCUT2D eigenvalue weighted by Crippen LogP contribution is 2.20. The lowest BCUT2D eigenvalue weighted by atomic mass is 10.2. The van der Waals surface area contributed by atoms with Gasteiger partial charge in [0.05, 0.1) is 42.3 Å². The van der Waals surface area contributed by atoms with Crippen LogP contribution in [0.5, 0.6) is 0 Å². The fourth-order valence-electron chi connectivity index (χ4n) is 2.30. The Labute approximate surface area is 171 Å². The van der Waals surface area contributed by atoms with E-state index < -0.39 is 34.4 Å². The molecule has 158 valence electrons.